The number of hydrogen-bond donors (Lipinski definition) is 1. The van der Waals surface area contributed by atoms with Crippen LogP contribution in [0.25, 0.3) is 22.2 Å². The van der Waals surface area contributed by atoms with Crippen molar-refractivity contribution in [1.29, 1.82) is 0 Å². The summed E-state index contributed by atoms with van der Waals surface area (Å²) in [5, 5.41) is 15.3. The van der Waals surface area contributed by atoms with Gasteiger partial charge in [0.05, 0.1) is 11.1 Å². The zero-order valence-electron chi connectivity index (χ0n) is 23.7. The number of piperazine rings is 1. The van der Waals surface area contributed by atoms with Gasteiger partial charge in [0.2, 0.25) is 11.8 Å². The lowest BCUT2D eigenvalue weighted by Crippen LogP contribution is -2.53. The molecule has 0 saturated carbocycles. The highest BCUT2D eigenvalue weighted by Crippen LogP contribution is 2.36. The third kappa shape index (κ3) is 5.72. The summed E-state index contributed by atoms with van der Waals surface area (Å²) in [6.07, 6.45) is -0.871. The molecule has 1 fully saturated rings. The van der Waals surface area contributed by atoms with Gasteiger partial charge in [0, 0.05) is 49.9 Å². The molecular formula is C33H33N5O4. The highest BCUT2D eigenvalue weighted by atomic mass is 16.5. The van der Waals surface area contributed by atoms with Crippen molar-refractivity contribution in [3.63, 3.8) is 0 Å². The summed E-state index contributed by atoms with van der Waals surface area (Å²) in [5.41, 5.74) is 5.65. The SMILES string of the molecule is CC1CN(c2ccc3c(-c4ccc(OCc5ccccc5)nc4OCc4ccccc4)nn(C)c3c2)CCN1C(=O)O. The monoisotopic (exact) mass is 563 g/mol. The van der Waals surface area contributed by atoms with Crippen LogP contribution >= 0.6 is 0 Å². The first-order chi connectivity index (χ1) is 20.5. The Bertz CT molecular complexity index is 1690. The molecule has 1 saturated heterocycles. The second-order valence-corrected chi connectivity index (χ2v) is 10.5. The fourth-order valence-corrected chi connectivity index (χ4v) is 5.37. The van der Waals surface area contributed by atoms with Gasteiger partial charge in [-0.3, -0.25) is 4.68 Å². The van der Waals surface area contributed by atoms with Gasteiger partial charge < -0.3 is 24.4 Å². The Morgan fingerprint density at radius 2 is 1.60 bits per heavy atom. The van der Waals surface area contributed by atoms with Gasteiger partial charge in [-0.2, -0.15) is 10.1 Å². The van der Waals surface area contributed by atoms with Crippen LogP contribution in [0.5, 0.6) is 11.8 Å². The summed E-state index contributed by atoms with van der Waals surface area (Å²) >= 11 is 0. The number of carbonyl (C=O) groups is 1. The Hall–Kier alpha value is -5.05. The van der Waals surface area contributed by atoms with Crippen LogP contribution in [0.4, 0.5) is 10.5 Å². The lowest BCUT2D eigenvalue weighted by atomic mass is 10.1. The fourth-order valence-electron chi connectivity index (χ4n) is 5.37. The van der Waals surface area contributed by atoms with Gasteiger partial charge in [-0.05, 0) is 42.3 Å². The number of pyridine rings is 1. The molecule has 0 radical (unpaired) electrons. The van der Waals surface area contributed by atoms with E-state index in [9.17, 15) is 9.90 Å². The van der Waals surface area contributed by atoms with E-state index in [1.165, 1.54) is 4.90 Å². The van der Waals surface area contributed by atoms with E-state index in [1.54, 1.807) is 0 Å². The molecule has 0 bridgehead atoms. The Kier molecular flexibility index (Phi) is 7.64. The standard InChI is InChI=1S/C33H33N5O4/c1-23-20-37(17-18-38(23)33(39)40)26-13-14-27-29(19-26)36(2)35-31(27)28-15-16-30(41-21-24-9-5-3-6-10-24)34-32(28)42-22-25-11-7-4-8-12-25/h3-16,19,23H,17-18,20-22H2,1-2H3,(H,39,40). The fraction of sp³-hybridized carbons (Fsp3) is 0.242. The molecule has 1 aliphatic heterocycles. The van der Waals surface area contributed by atoms with Crippen LogP contribution in [0.15, 0.2) is 91.0 Å². The topological polar surface area (TPSA) is 93.0 Å². The molecule has 5 aromatic rings. The first kappa shape index (κ1) is 27.1. The molecule has 0 spiro atoms. The summed E-state index contributed by atoms with van der Waals surface area (Å²) in [6, 6.07) is 29.9. The number of anilines is 1. The van der Waals surface area contributed by atoms with Crippen LogP contribution in [0.2, 0.25) is 0 Å². The van der Waals surface area contributed by atoms with Gasteiger partial charge in [-0.1, -0.05) is 60.7 Å². The minimum Gasteiger partial charge on any atom is -0.473 e. The van der Waals surface area contributed by atoms with E-state index in [2.05, 4.69) is 23.1 Å². The van der Waals surface area contributed by atoms with E-state index >= 15 is 0 Å². The number of hydrogen-bond acceptors (Lipinski definition) is 6. The molecule has 214 valence electrons. The Morgan fingerprint density at radius 3 is 2.26 bits per heavy atom. The second kappa shape index (κ2) is 11.8. The van der Waals surface area contributed by atoms with Crippen molar-refractivity contribution >= 4 is 22.7 Å². The van der Waals surface area contributed by atoms with Crippen molar-refractivity contribution in [3.05, 3.63) is 102 Å². The predicted molar refractivity (Wildman–Crippen MR) is 162 cm³/mol. The zero-order chi connectivity index (χ0) is 29.1. The van der Waals surface area contributed by atoms with E-state index in [0.717, 1.165) is 39.0 Å². The number of rotatable bonds is 8. The molecule has 9 nitrogen and oxygen atoms in total. The number of benzene rings is 3. The molecule has 1 unspecified atom stereocenters. The number of aryl methyl sites for hydroxylation is 1. The van der Waals surface area contributed by atoms with Gasteiger partial charge in [-0.25, -0.2) is 4.79 Å². The number of fused-ring (bicyclic) bond motifs is 1. The number of nitrogens with zero attached hydrogens (tertiary/aromatic N) is 5. The van der Waals surface area contributed by atoms with E-state index < -0.39 is 6.09 Å². The van der Waals surface area contributed by atoms with Crippen LogP contribution < -0.4 is 14.4 Å². The highest BCUT2D eigenvalue weighted by Gasteiger charge is 2.28. The maximum Gasteiger partial charge on any atom is 0.407 e. The van der Waals surface area contributed by atoms with Crippen LogP contribution in [-0.4, -0.2) is 56.5 Å². The summed E-state index contributed by atoms with van der Waals surface area (Å²) in [6.45, 7) is 4.45. The first-order valence-electron chi connectivity index (χ1n) is 14.0. The third-order valence-electron chi connectivity index (χ3n) is 7.61. The summed E-state index contributed by atoms with van der Waals surface area (Å²) in [4.78, 5) is 20.0. The summed E-state index contributed by atoms with van der Waals surface area (Å²) < 4.78 is 14.2. The molecule has 1 atom stereocenters. The first-order valence-corrected chi connectivity index (χ1v) is 14.0. The van der Waals surface area contributed by atoms with Gasteiger partial charge in [0.25, 0.3) is 0 Å². The van der Waals surface area contributed by atoms with Crippen molar-refractivity contribution < 1.29 is 19.4 Å². The van der Waals surface area contributed by atoms with Crippen LogP contribution in [-0.2, 0) is 20.3 Å². The number of aromatic nitrogens is 3. The molecule has 2 aromatic heterocycles. The molecular weight excluding hydrogens is 530 g/mol. The molecule has 0 aliphatic carbocycles. The van der Waals surface area contributed by atoms with Crippen molar-refractivity contribution in [2.75, 3.05) is 24.5 Å². The Morgan fingerprint density at radius 1 is 0.905 bits per heavy atom. The molecule has 1 amide bonds. The maximum absolute atomic E-state index is 11.5. The molecule has 1 N–H and O–H groups in total. The van der Waals surface area contributed by atoms with Gasteiger partial charge >= 0.3 is 6.09 Å². The second-order valence-electron chi connectivity index (χ2n) is 10.5. The van der Waals surface area contributed by atoms with Crippen LogP contribution in [0.1, 0.15) is 18.1 Å². The highest BCUT2D eigenvalue weighted by molar-refractivity contribution is 5.96. The largest absolute Gasteiger partial charge is 0.473 e. The predicted octanol–water partition coefficient (Wildman–Crippen LogP) is 5.98. The number of amides is 1. The van der Waals surface area contributed by atoms with Crippen LogP contribution in [0.3, 0.4) is 0 Å². The van der Waals surface area contributed by atoms with Crippen molar-refractivity contribution in [2.45, 2.75) is 26.2 Å². The minimum atomic E-state index is -0.871. The Balaban J connectivity index is 1.31. The van der Waals surface area contributed by atoms with E-state index in [0.29, 0.717) is 44.6 Å². The van der Waals surface area contributed by atoms with Crippen molar-refractivity contribution in [1.82, 2.24) is 19.7 Å². The summed E-state index contributed by atoms with van der Waals surface area (Å²) in [5.74, 6) is 0.926. The van der Waals surface area contributed by atoms with Crippen molar-refractivity contribution in [3.8, 4) is 23.0 Å². The van der Waals surface area contributed by atoms with E-state index in [-0.39, 0.29) is 6.04 Å². The van der Waals surface area contributed by atoms with E-state index in [4.69, 9.17) is 19.6 Å². The third-order valence-corrected chi connectivity index (χ3v) is 7.61. The molecule has 9 heteroatoms. The van der Waals surface area contributed by atoms with Gasteiger partial charge in [0.1, 0.15) is 18.9 Å². The minimum absolute atomic E-state index is 0.0907. The normalized spacial score (nSPS) is 15.1. The quantitative estimate of drug-likeness (QED) is 0.248. The molecule has 6 rings (SSSR count). The average Bonchev–Trinajstić information content (AvgIpc) is 3.35. The number of ether oxygens (including phenoxy) is 2. The molecule has 3 heterocycles. The lowest BCUT2D eigenvalue weighted by molar-refractivity contribution is 0.122. The zero-order valence-corrected chi connectivity index (χ0v) is 23.7. The smallest absolute Gasteiger partial charge is 0.407 e. The van der Waals surface area contributed by atoms with Gasteiger partial charge in [0.15, 0.2) is 0 Å². The van der Waals surface area contributed by atoms with E-state index in [1.807, 2.05) is 91.4 Å². The van der Waals surface area contributed by atoms with Crippen LogP contribution in [0, 0.1) is 0 Å². The van der Waals surface area contributed by atoms with Gasteiger partial charge in [-0.15, -0.1) is 0 Å². The van der Waals surface area contributed by atoms with Crippen molar-refractivity contribution in [2.24, 2.45) is 7.05 Å². The molecule has 1 aliphatic rings. The maximum atomic E-state index is 11.5. The number of carboxylic acid groups (broad SMARTS) is 1. The average molecular weight is 564 g/mol. The lowest BCUT2D eigenvalue weighted by Gasteiger charge is -2.39. The molecule has 3 aromatic carbocycles. The Labute approximate surface area is 244 Å². The molecule has 42 heavy (non-hydrogen) atoms. The summed E-state index contributed by atoms with van der Waals surface area (Å²) in [7, 11) is 1.93.